The van der Waals surface area contributed by atoms with Crippen molar-refractivity contribution in [1.82, 2.24) is 0 Å². The average molecular weight is 428 g/mol. The van der Waals surface area contributed by atoms with Crippen molar-refractivity contribution in [1.29, 1.82) is 0 Å². The molecule has 0 aliphatic heterocycles. The van der Waals surface area contributed by atoms with E-state index in [2.05, 4.69) is 41.5 Å². The van der Waals surface area contributed by atoms with Gasteiger partial charge in [-0.05, 0) is 35.5 Å². The van der Waals surface area contributed by atoms with Crippen molar-refractivity contribution in [3.05, 3.63) is 0 Å². The minimum absolute atomic E-state index is 0. The number of rotatable bonds is 6. The zero-order valence-electron chi connectivity index (χ0n) is 17.5. The van der Waals surface area contributed by atoms with Gasteiger partial charge < -0.3 is 19.6 Å². The molecule has 1 radical (unpaired) electrons. The molecule has 0 aromatic heterocycles. The molecule has 0 amide bonds. The zero-order chi connectivity index (χ0) is 20.0. The maximum absolute atomic E-state index is 10.6. The molecular weight excluding hydrogens is 389 g/mol. The Kier molecular flexibility index (Phi) is 15.8. The zero-order valence-corrected chi connectivity index (χ0v) is 22.4. The van der Waals surface area contributed by atoms with Gasteiger partial charge in [-0.1, -0.05) is 55.4 Å². The van der Waals surface area contributed by atoms with Crippen LogP contribution in [0.2, 0.25) is 0 Å². The van der Waals surface area contributed by atoms with Crippen LogP contribution in [0.1, 0.15) is 68.2 Å². The predicted molar refractivity (Wildman–Crippen MR) is 106 cm³/mol. The van der Waals surface area contributed by atoms with Gasteiger partial charge in [0.05, 0.1) is 12.3 Å². The third kappa shape index (κ3) is 30.9. The molecule has 2 unspecified atom stereocenters. The van der Waals surface area contributed by atoms with Crippen molar-refractivity contribution in [3.63, 3.8) is 0 Å². The van der Waals surface area contributed by atoms with Gasteiger partial charge in [0, 0.05) is 51.4 Å². The number of hydrogen-bond acceptors (Lipinski definition) is 2. The molecule has 0 aromatic rings. The molecular formula is C16H38KO6P2. The van der Waals surface area contributed by atoms with Crippen molar-refractivity contribution in [2.24, 2.45) is 22.7 Å². The van der Waals surface area contributed by atoms with Gasteiger partial charge in [0.1, 0.15) is 0 Å². The van der Waals surface area contributed by atoms with Crippen LogP contribution in [0.3, 0.4) is 0 Å². The molecule has 0 fully saturated rings. The molecule has 4 N–H and O–H groups in total. The average Bonchev–Trinajstić information content (AvgIpc) is 2.02. The van der Waals surface area contributed by atoms with E-state index in [1.807, 2.05) is 13.8 Å². The topological polar surface area (TPSA) is 115 Å². The van der Waals surface area contributed by atoms with Crippen molar-refractivity contribution in [2.75, 3.05) is 12.3 Å². The molecule has 0 rings (SSSR count). The second-order valence-corrected chi connectivity index (χ2v) is 12.8. The Morgan fingerprint density at radius 3 is 1.00 bits per heavy atom. The van der Waals surface area contributed by atoms with E-state index < -0.39 is 15.2 Å². The van der Waals surface area contributed by atoms with Gasteiger partial charge in [-0.25, -0.2) is 0 Å². The molecule has 9 heteroatoms. The van der Waals surface area contributed by atoms with Gasteiger partial charge >= 0.3 is 15.2 Å². The monoisotopic (exact) mass is 427 g/mol. The van der Waals surface area contributed by atoms with Crippen LogP contribution >= 0.6 is 15.2 Å². The minimum atomic E-state index is -3.81. The van der Waals surface area contributed by atoms with Crippen molar-refractivity contribution in [2.45, 2.75) is 68.2 Å². The first kappa shape index (κ1) is 31.6. The molecule has 149 valence electrons. The third-order valence-electron chi connectivity index (χ3n) is 3.02. The van der Waals surface area contributed by atoms with Crippen molar-refractivity contribution in [3.8, 4) is 0 Å². The first-order valence-electron chi connectivity index (χ1n) is 8.29. The van der Waals surface area contributed by atoms with E-state index in [4.69, 9.17) is 19.6 Å². The first-order chi connectivity index (χ1) is 10.2. The summed E-state index contributed by atoms with van der Waals surface area (Å²) in [6.45, 7) is 16.2. The van der Waals surface area contributed by atoms with Gasteiger partial charge in [0.25, 0.3) is 0 Å². The van der Waals surface area contributed by atoms with Crippen molar-refractivity contribution >= 4 is 66.6 Å². The van der Waals surface area contributed by atoms with Crippen LogP contribution in [0.15, 0.2) is 0 Å². The SMILES string of the molecule is CC(CC(C)(C)C)CP(=O)(O)O.CC(CC(C)(C)C)CP(=O)(O)O.[K]. The van der Waals surface area contributed by atoms with E-state index in [1.165, 1.54) is 0 Å². The summed E-state index contributed by atoms with van der Waals surface area (Å²) in [6.07, 6.45) is 1.70. The van der Waals surface area contributed by atoms with Gasteiger partial charge in [0.2, 0.25) is 0 Å². The standard InChI is InChI=1S/2C8H19O3P.K/c2*1-7(5-8(2,3)4)6-12(9,10)11;/h2*7H,5-6H2,1-4H3,(H2,9,10,11);. The fourth-order valence-electron chi connectivity index (χ4n) is 3.03. The molecule has 0 aliphatic carbocycles. The molecule has 0 heterocycles. The number of hydrogen-bond donors (Lipinski definition) is 4. The van der Waals surface area contributed by atoms with Gasteiger partial charge in [0.15, 0.2) is 0 Å². The maximum Gasteiger partial charge on any atom is 0.325 e. The summed E-state index contributed by atoms with van der Waals surface area (Å²) in [5, 5.41) is 0. The predicted octanol–water partition coefficient (Wildman–Crippen LogP) is 4.09. The molecule has 0 spiro atoms. The molecule has 6 nitrogen and oxygen atoms in total. The van der Waals surface area contributed by atoms with Crippen molar-refractivity contribution < 1.29 is 28.7 Å². The quantitative estimate of drug-likeness (QED) is 0.375. The van der Waals surface area contributed by atoms with Crippen LogP contribution in [0.5, 0.6) is 0 Å². The largest absolute Gasteiger partial charge is 0.325 e. The molecule has 0 saturated carbocycles. The minimum Gasteiger partial charge on any atom is -0.324 e. The van der Waals surface area contributed by atoms with Gasteiger partial charge in [-0.3, -0.25) is 9.13 Å². The Morgan fingerprint density at radius 2 is 0.880 bits per heavy atom. The van der Waals surface area contributed by atoms with E-state index >= 15 is 0 Å². The van der Waals surface area contributed by atoms with Crippen LogP contribution in [0.25, 0.3) is 0 Å². The van der Waals surface area contributed by atoms with Gasteiger partial charge in [-0.15, -0.1) is 0 Å². The summed E-state index contributed by atoms with van der Waals surface area (Å²) < 4.78 is 21.2. The Morgan fingerprint density at radius 1 is 0.680 bits per heavy atom. The Hall–Kier alpha value is 1.94. The molecule has 0 saturated heterocycles. The smallest absolute Gasteiger partial charge is 0.324 e. The van der Waals surface area contributed by atoms with Crippen LogP contribution in [0.4, 0.5) is 0 Å². The van der Waals surface area contributed by atoms with Crippen LogP contribution in [-0.4, -0.2) is 83.3 Å². The Bertz CT molecular complexity index is 403. The molecule has 2 atom stereocenters. The van der Waals surface area contributed by atoms with Crippen LogP contribution in [0, 0.1) is 22.7 Å². The summed E-state index contributed by atoms with van der Waals surface area (Å²) in [7, 11) is -7.62. The first-order valence-corrected chi connectivity index (χ1v) is 11.9. The summed E-state index contributed by atoms with van der Waals surface area (Å²) in [4.78, 5) is 34.8. The second-order valence-electron chi connectivity index (χ2n) is 9.43. The Labute approximate surface area is 196 Å². The summed E-state index contributed by atoms with van der Waals surface area (Å²) in [5.74, 6) is 0.177. The summed E-state index contributed by atoms with van der Waals surface area (Å²) in [5.41, 5.74) is 0.295. The molecule has 0 aliphatic rings. The summed E-state index contributed by atoms with van der Waals surface area (Å²) >= 11 is 0. The summed E-state index contributed by atoms with van der Waals surface area (Å²) in [6, 6.07) is 0. The van der Waals surface area contributed by atoms with Crippen LogP contribution in [-0.2, 0) is 9.13 Å². The van der Waals surface area contributed by atoms with E-state index in [0.717, 1.165) is 12.8 Å². The fourth-order valence-corrected chi connectivity index (χ4v) is 4.91. The Balaban J connectivity index is -0.000000372. The second kappa shape index (κ2) is 12.5. The molecule has 0 bridgehead atoms. The third-order valence-corrected chi connectivity index (χ3v) is 5.22. The van der Waals surface area contributed by atoms with E-state index in [1.54, 1.807) is 0 Å². The maximum atomic E-state index is 10.6. The fraction of sp³-hybridized carbons (Fsp3) is 1.00. The van der Waals surface area contributed by atoms with Crippen LogP contribution < -0.4 is 0 Å². The van der Waals surface area contributed by atoms with E-state index in [0.29, 0.717) is 0 Å². The van der Waals surface area contributed by atoms with Gasteiger partial charge in [-0.2, -0.15) is 0 Å². The molecule has 25 heavy (non-hydrogen) atoms. The molecule has 0 aromatic carbocycles. The van der Waals surface area contributed by atoms with E-state index in [-0.39, 0.29) is 86.4 Å². The normalized spacial score (nSPS) is 15.5. The van der Waals surface area contributed by atoms with E-state index in [9.17, 15) is 9.13 Å².